The molecule has 25 heavy (non-hydrogen) atoms. The van der Waals surface area contributed by atoms with E-state index in [0.29, 0.717) is 29.6 Å². The van der Waals surface area contributed by atoms with Crippen molar-refractivity contribution in [2.24, 2.45) is 0 Å². The molecule has 0 fully saturated rings. The monoisotopic (exact) mass is 413 g/mol. The van der Waals surface area contributed by atoms with Crippen molar-refractivity contribution < 1.29 is 4.52 Å². The quantitative estimate of drug-likeness (QED) is 0.513. The number of hydrogen-bond acceptors (Lipinski definition) is 7. The summed E-state index contributed by atoms with van der Waals surface area (Å²) in [5.74, 6) is 1.58. The maximum atomic E-state index is 5.41. The Kier molecular flexibility index (Phi) is 4.53. The average Bonchev–Trinajstić information content (AvgIpc) is 3.33. The Morgan fingerprint density at radius 3 is 2.96 bits per heavy atom. The number of benzene rings is 1. The molecule has 3 heterocycles. The number of aromatic nitrogens is 4. The van der Waals surface area contributed by atoms with E-state index in [0.717, 1.165) is 15.6 Å². The van der Waals surface area contributed by atoms with Crippen LogP contribution in [0.2, 0.25) is 0 Å². The standard InChI is InChI=1S/C17H12BrN5OS/c18-14-4-2-1-3-11(14)7-20-16-13(8-19-10-21-16)17-22-15(23-24-17)12-5-6-25-9-12/h1-6,8-10H,7H2,(H,19,20,21). The third kappa shape index (κ3) is 3.45. The van der Waals surface area contributed by atoms with Gasteiger partial charge in [-0.1, -0.05) is 39.3 Å². The zero-order valence-corrected chi connectivity index (χ0v) is 15.3. The summed E-state index contributed by atoms with van der Waals surface area (Å²) < 4.78 is 6.44. The van der Waals surface area contributed by atoms with Crippen LogP contribution in [-0.2, 0) is 6.54 Å². The van der Waals surface area contributed by atoms with Gasteiger partial charge in [0.2, 0.25) is 5.82 Å². The number of nitrogens with zero attached hydrogens (tertiary/aromatic N) is 4. The highest BCUT2D eigenvalue weighted by Gasteiger charge is 2.15. The summed E-state index contributed by atoms with van der Waals surface area (Å²) in [6.45, 7) is 0.608. The first kappa shape index (κ1) is 15.9. The van der Waals surface area contributed by atoms with E-state index in [1.165, 1.54) is 6.33 Å². The van der Waals surface area contributed by atoms with Gasteiger partial charge in [0.05, 0.1) is 0 Å². The summed E-state index contributed by atoms with van der Waals surface area (Å²) in [5, 5.41) is 11.3. The van der Waals surface area contributed by atoms with E-state index in [1.807, 2.05) is 41.1 Å². The Morgan fingerprint density at radius 1 is 1.20 bits per heavy atom. The molecular weight excluding hydrogens is 402 g/mol. The zero-order valence-electron chi connectivity index (χ0n) is 12.9. The van der Waals surface area contributed by atoms with E-state index < -0.39 is 0 Å². The third-order valence-electron chi connectivity index (χ3n) is 3.55. The van der Waals surface area contributed by atoms with Gasteiger partial charge in [0, 0.05) is 28.2 Å². The first-order valence-corrected chi connectivity index (χ1v) is 9.19. The molecule has 0 radical (unpaired) electrons. The van der Waals surface area contributed by atoms with Gasteiger partial charge in [0.15, 0.2) is 0 Å². The van der Waals surface area contributed by atoms with Crippen LogP contribution in [0.1, 0.15) is 5.56 Å². The third-order valence-corrected chi connectivity index (χ3v) is 5.01. The van der Waals surface area contributed by atoms with Crippen LogP contribution < -0.4 is 5.32 Å². The molecular formula is C17H12BrN5OS. The summed E-state index contributed by atoms with van der Waals surface area (Å²) in [6, 6.07) is 9.97. The summed E-state index contributed by atoms with van der Waals surface area (Å²) in [5.41, 5.74) is 2.72. The number of rotatable bonds is 5. The van der Waals surface area contributed by atoms with Crippen LogP contribution in [0, 0.1) is 0 Å². The molecule has 0 bridgehead atoms. The lowest BCUT2D eigenvalue weighted by Gasteiger charge is -2.09. The molecule has 0 saturated heterocycles. The van der Waals surface area contributed by atoms with Gasteiger partial charge in [-0.05, 0) is 23.1 Å². The molecule has 0 atom stereocenters. The Balaban J connectivity index is 1.60. The highest BCUT2D eigenvalue weighted by atomic mass is 79.9. The fraction of sp³-hybridized carbons (Fsp3) is 0.0588. The van der Waals surface area contributed by atoms with E-state index in [2.05, 4.69) is 41.4 Å². The van der Waals surface area contributed by atoms with Gasteiger partial charge in [-0.25, -0.2) is 9.97 Å². The van der Waals surface area contributed by atoms with E-state index in [1.54, 1.807) is 17.5 Å². The van der Waals surface area contributed by atoms with Crippen LogP contribution >= 0.6 is 27.3 Å². The molecule has 124 valence electrons. The van der Waals surface area contributed by atoms with Crippen LogP contribution in [0.25, 0.3) is 22.8 Å². The second-order valence-corrected chi connectivity index (χ2v) is 6.80. The topological polar surface area (TPSA) is 76.7 Å². The highest BCUT2D eigenvalue weighted by Crippen LogP contribution is 2.27. The van der Waals surface area contributed by atoms with E-state index >= 15 is 0 Å². The van der Waals surface area contributed by atoms with Gasteiger partial charge in [-0.3, -0.25) is 0 Å². The lowest BCUT2D eigenvalue weighted by molar-refractivity contribution is 0.432. The second-order valence-electron chi connectivity index (χ2n) is 5.17. The SMILES string of the molecule is Brc1ccccc1CNc1ncncc1-c1nc(-c2ccsc2)no1. The lowest BCUT2D eigenvalue weighted by atomic mass is 10.2. The minimum atomic E-state index is 0.386. The van der Waals surface area contributed by atoms with Crippen molar-refractivity contribution in [3.63, 3.8) is 0 Å². The highest BCUT2D eigenvalue weighted by molar-refractivity contribution is 9.10. The molecule has 0 aliphatic carbocycles. The minimum Gasteiger partial charge on any atom is -0.365 e. The van der Waals surface area contributed by atoms with E-state index in [-0.39, 0.29) is 0 Å². The molecule has 8 heteroatoms. The maximum absolute atomic E-state index is 5.41. The average molecular weight is 414 g/mol. The Morgan fingerprint density at radius 2 is 2.12 bits per heavy atom. The molecule has 3 aromatic heterocycles. The van der Waals surface area contributed by atoms with Gasteiger partial charge in [0.1, 0.15) is 17.7 Å². The normalized spacial score (nSPS) is 10.8. The number of hydrogen-bond donors (Lipinski definition) is 1. The van der Waals surface area contributed by atoms with Crippen LogP contribution in [-0.4, -0.2) is 20.1 Å². The van der Waals surface area contributed by atoms with Crippen molar-refractivity contribution in [2.75, 3.05) is 5.32 Å². The largest absolute Gasteiger partial charge is 0.365 e. The van der Waals surface area contributed by atoms with Gasteiger partial charge < -0.3 is 9.84 Å². The van der Waals surface area contributed by atoms with Crippen molar-refractivity contribution >= 4 is 33.1 Å². The van der Waals surface area contributed by atoms with Crippen molar-refractivity contribution in [3.05, 3.63) is 63.7 Å². The summed E-state index contributed by atoms with van der Waals surface area (Å²) in [4.78, 5) is 12.8. The van der Waals surface area contributed by atoms with Gasteiger partial charge >= 0.3 is 0 Å². The van der Waals surface area contributed by atoms with Gasteiger partial charge in [-0.2, -0.15) is 16.3 Å². The van der Waals surface area contributed by atoms with Crippen molar-refractivity contribution in [1.29, 1.82) is 0 Å². The Bertz CT molecular complexity index is 986. The van der Waals surface area contributed by atoms with Crippen LogP contribution in [0.3, 0.4) is 0 Å². The zero-order chi connectivity index (χ0) is 17.1. The van der Waals surface area contributed by atoms with E-state index in [4.69, 9.17) is 4.52 Å². The van der Waals surface area contributed by atoms with Crippen LogP contribution in [0.15, 0.2) is 62.6 Å². The fourth-order valence-corrected chi connectivity index (χ4v) is 3.35. The maximum Gasteiger partial charge on any atom is 0.263 e. The smallest absolute Gasteiger partial charge is 0.263 e. The number of thiophene rings is 1. The summed E-state index contributed by atoms with van der Waals surface area (Å²) in [7, 11) is 0. The molecule has 0 saturated carbocycles. The molecule has 0 unspecified atom stereocenters. The Hall–Kier alpha value is -2.58. The first-order valence-electron chi connectivity index (χ1n) is 7.45. The molecule has 1 N–H and O–H groups in total. The number of nitrogens with one attached hydrogen (secondary N) is 1. The molecule has 0 amide bonds. The first-order chi connectivity index (χ1) is 12.3. The molecule has 0 spiro atoms. The predicted molar refractivity (Wildman–Crippen MR) is 100 cm³/mol. The van der Waals surface area contributed by atoms with E-state index in [9.17, 15) is 0 Å². The van der Waals surface area contributed by atoms with Gasteiger partial charge in [-0.15, -0.1) is 0 Å². The van der Waals surface area contributed by atoms with Crippen molar-refractivity contribution in [1.82, 2.24) is 20.1 Å². The van der Waals surface area contributed by atoms with Crippen LogP contribution in [0.4, 0.5) is 5.82 Å². The molecule has 0 aliphatic heterocycles. The number of anilines is 1. The molecule has 1 aromatic carbocycles. The number of halogens is 1. The molecule has 4 rings (SSSR count). The predicted octanol–water partition coefficient (Wildman–Crippen LogP) is 4.63. The van der Waals surface area contributed by atoms with Crippen molar-refractivity contribution in [2.45, 2.75) is 6.54 Å². The van der Waals surface area contributed by atoms with Crippen molar-refractivity contribution in [3.8, 4) is 22.8 Å². The second kappa shape index (κ2) is 7.12. The molecule has 0 aliphatic rings. The summed E-state index contributed by atoms with van der Waals surface area (Å²) in [6.07, 6.45) is 3.16. The minimum absolute atomic E-state index is 0.386. The molecule has 6 nitrogen and oxygen atoms in total. The summed E-state index contributed by atoms with van der Waals surface area (Å²) >= 11 is 5.13. The van der Waals surface area contributed by atoms with Crippen LogP contribution in [0.5, 0.6) is 0 Å². The fourth-order valence-electron chi connectivity index (χ4n) is 2.29. The lowest BCUT2D eigenvalue weighted by Crippen LogP contribution is -2.04. The van der Waals surface area contributed by atoms with Gasteiger partial charge in [0.25, 0.3) is 5.89 Å². The Labute approximate surface area is 156 Å². The molecule has 4 aromatic rings.